The summed E-state index contributed by atoms with van der Waals surface area (Å²) in [4.78, 5) is 0. The Morgan fingerprint density at radius 3 is 2.86 bits per heavy atom. The highest BCUT2D eigenvalue weighted by Crippen LogP contribution is 2.53. The molecule has 104 valence electrons. The normalized spacial score (nSPS) is 26.4. The number of fused-ring (bicyclic) bond motifs is 6. The van der Waals surface area contributed by atoms with Crippen LogP contribution in [0.25, 0.3) is 10.9 Å². The fourth-order valence-corrected chi connectivity index (χ4v) is 4.43. The molecule has 21 heavy (non-hydrogen) atoms. The van der Waals surface area contributed by atoms with Gasteiger partial charge in [0.2, 0.25) is 0 Å². The molecule has 0 N–H and O–H groups in total. The van der Waals surface area contributed by atoms with Crippen LogP contribution in [0.15, 0.2) is 59.2 Å². The van der Waals surface area contributed by atoms with Crippen LogP contribution in [0.5, 0.6) is 0 Å². The first-order valence-electron chi connectivity index (χ1n) is 7.63. The smallest absolute Gasteiger partial charge is 0.111 e. The predicted octanol–water partition coefficient (Wildman–Crippen LogP) is 4.58. The van der Waals surface area contributed by atoms with Crippen molar-refractivity contribution in [2.75, 3.05) is 0 Å². The zero-order valence-corrected chi connectivity index (χ0v) is 12.0. The summed E-state index contributed by atoms with van der Waals surface area (Å²) in [5, 5.41) is 1.38. The molecule has 5 rings (SSSR count). The van der Waals surface area contributed by atoms with Crippen molar-refractivity contribution in [3.63, 3.8) is 0 Å². The molecule has 3 atom stereocenters. The van der Waals surface area contributed by atoms with Gasteiger partial charge in [0.05, 0.1) is 12.2 Å². The molecule has 0 aliphatic heterocycles. The van der Waals surface area contributed by atoms with Gasteiger partial charge in [-0.05, 0) is 36.1 Å². The number of para-hydroxylation sites is 1. The number of furan rings is 1. The van der Waals surface area contributed by atoms with Gasteiger partial charge in [-0.2, -0.15) is 0 Å². The first-order valence-corrected chi connectivity index (χ1v) is 7.63. The van der Waals surface area contributed by atoms with Crippen molar-refractivity contribution in [1.29, 1.82) is 0 Å². The zero-order valence-electron chi connectivity index (χ0n) is 12.0. The first-order chi connectivity index (χ1) is 10.3. The number of aryl methyl sites for hydroxylation is 1. The van der Waals surface area contributed by atoms with E-state index in [4.69, 9.17) is 4.42 Å². The number of hydrogen-bond donors (Lipinski definition) is 0. The summed E-state index contributed by atoms with van der Waals surface area (Å²) in [5.74, 6) is 2.59. The van der Waals surface area contributed by atoms with Crippen LogP contribution in [0.4, 0.5) is 0 Å². The third kappa shape index (κ3) is 1.37. The van der Waals surface area contributed by atoms with E-state index >= 15 is 0 Å². The van der Waals surface area contributed by atoms with E-state index in [0.717, 1.165) is 5.76 Å². The lowest BCUT2D eigenvalue weighted by atomic mass is 9.75. The minimum absolute atomic E-state index is 0.357. The zero-order chi connectivity index (χ0) is 14.0. The molecule has 0 amide bonds. The van der Waals surface area contributed by atoms with E-state index in [0.29, 0.717) is 17.8 Å². The monoisotopic (exact) mass is 275 g/mol. The second-order valence-corrected chi connectivity index (χ2v) is 6.26. The average Bonchev–Trinajstić information content (AvgIpc) is 3.22. The Hall–Kier alpha value is -2.22. The number of benzene rings is 1. The largest absolute Gasteiger partial charge is 0.469 e. The minimum Gasteiger partial charge on any atom is -0.469 e. The highest BCUT2D eigenvalue weighted by molar-refractivity contribution is 5.87. The average molecular weight is 275 g/mol. The molecule has 0 fully saturated rings. The van der Waals surface area contributed by atoms with Crippen molar-refractivity contribution < 1.29 is 4.42 Å². The molecule has 2 aromatic heterocycles. The maximum Gasteiger partial charge on any atom is 0.111 e. The molecule has 2 heteroatoms. The lowest BCUT2D eigenvalue weighted by molar-refractivity contribution is 0.406. The van der Waals surface area contributed by atoms with Crippen LogP contribution in [0.3, 0.4) is 0 Å². The van der Waals surface area contributed by atoms with Crippen LogP contribution in [0.1, 0.15) is 35.3 Å². The summed E-state index contributed by atoms with van der Waals surface area (Å²) < 4.78 is 8.18. The lowest BCUT2D eigenvalue weighted by Gasteiger charge is -2.29. The fourth-order valence-electron chi connectivity index (χ4n) is 4.43. The SMILES string of the molecule is Cn1c2c(c3ccccc31)[C@@H](c1ccco1)[C@@H]1C=C[C@H]2C1. The molecule has 0 spiro atoms. The van der Waals surface area contributed by atoms with Crippen LogP contribution < -0.4 is 0 Å². The molecule has 2 aliphatic carbocycles. The quantitative estimate of drug-likeness (QED) is 0.595. The Kier molecular flexibility index (Phi) is 2.13. The molecule has 0 saturated carbocycles. The Morgan fingerprint density at radius 2 is 2.00 bits per heavy atom. The van der Waals surface area contributed by atoms with E-state index < -0.39 is 0 Å². The predicted molar refractivity (Wildman–Crippen MR) is 83.5 cm³/mol. The molecular weight excluding hydrogens is 258 g/mol. The van der Waals surface area contributed by atoms with Gasteiger partial charge in [-0.15, -0.1) is 0 Å². The van der Waals surface area contributed by atoms with Gasteiger partial charge in [0.15, 0.2) is 0 Å². The number of nitrogens with zero attached hydrogens (tertiary/aromatic N) is 1. The van der Waals surface area contributed by atoms with E-state index in [1.54, 1.807) is 6.26 Å². The van der Waals surface area contributed by atoms with E-state index in [2.05, 4.69) is 54.1 Å². The molecule has 2 heterocycles. The van der Waals surface area contributed by atoms with Gasteiger partial charge in [0.25, 0.3) is 0 Å². The molecule has 0 unspecified atom stereocenters. The summed E-state index contributed by atoms with van der Waals surface area (Å²) in [7, 11) is 2.20. The topological polar surface area (TPSA) is 18.1 Å². The molecule has 2 bridgehead atoms. The van der Waals surface area contributed by atoms with Crippen LogP contribution >= 0.6 is 0 Å². The van der Waals surface area contributed by atoms with Gasteiger partial charge in [0.1, 0.15) is 5.76 Å². The second kappa shape index (κ2) is 3.91. The van der Waals surface area contributed by atoms with Crippen molar-refractivity contribution in [1.82, 2.24) is 4.57 Å². The molecule has 2 nitrogen and oxygen atoms in total. The van der Waals surface area contributed by atoms with Gasteiger partial charge in [-0.1, -0.05) is 30.4 Å². The maximum absolute atomic E-state index is 5.80. The Morgan fingerprint density at radius 1 is 1.10 bits per heavy atom. The van der Waals surface area contributed by atoms with Gasteiger partial charge in [-0.3, -0.25) is 0 Å². The van der Waals surface area contributed by atoms with E-state index in [9.17, 15) is 0 Å². The summed E-state index contributed by atoms with van der Waals surface area (Å²) >= 11 is 0. The van der Waals surface area contributed by atoms with E-state index in [-0.39, 0.29) is 0 Å². The standard InChI is InChI=1S/C19H17NO/c1-20-15-6-3-2-5-14(15)18-17(16-7-4-10-21-16)12-8-9-13(11-12)19(18)20/h2-10,12-13,17H,11H2,1H3/t12-,13+,17-/m1/s1. The molecule has 2 aliphatic rings. The summed E-state index contributed by atoms with van der Waals surface area (Å²) in [6, 6.07) is 12.9. The lowest BCUT2D eigenvalue weighted by Crippen LogP contribution is -2.19. The van der Waals surface area contributed by atoms with Gasteiger partial charge in [0, 0.05) is 29.6 Å². The van der Waals surface area contributed by atoms with Gasteiger partial charge in [-0.25, -0.2) is 0 Å². The Bertz CT molecular complexity index is 853. The molecule has 0 radical (unpaired) electrons. The van der Waals surface area contributed by atoms with Crippen molar-refractivity contribution in [2.45, 2.75) is 18.3 Å². The third-order valence-corrected chi connectivity index (χ3v) is 5.25. The Labute approximate surface area is 123 Å². The maximum atomic E-state index is 5.80. The van der Waals surface area contributed by atoms with E-state index in [1.807, 2.05) is 6.07 Å². The van der Waals surface area contributed by atoms with Crippen LogP contribution in [-0.2, 0) is 7.05 Å². The van der Waals surface area contributed by atoms with Gasteiger partial charge < -0.3 is 8.98 Å². The van der Waals surface area contributed by atoms with Crippen LogP contribution in [-0.4, -0.2) is 4.57 Å². The first kappa shape index (κ1) is 11.4. The molecular formula is C19H17NO. The molecule has 3 aromatic rings. The summed E-state index contributed by atoms with van der Waals surface area (Å²) in [6.45, 7) is 0. The summed E-state index contributed by atoms with van der Waals surface area (Å²) in [5.41, 5.74) is 4.29. The van der Waals surface area contributed by atoms with Crippen molar-refractivity contribution >= 4 is 10.9 Å². The molecule has 1 aromatic carbocycles. The van der Waals surface area contributed by atoms with Crippen molar-refractivity contribution in [3.8, 4) is 0 Å². The minimum atomic E-state index is 0.357. The Balaban J connectivity index is 1.89. The number of allylic oxidation sites excluding steroid dienone is 2. The van der Waals surface area contributed by atoms with Crippen LogP contribution in [0, 0.1) is 5.92 Å². The highest BCUT2D eigenvalue weighted by atomic mass is 16.3. The second-order valence-electron chi connectivity index (χ2n) is 6.26. The number of rotatable bonds is 1. The third-order valence-electron chi connectivity index (χ3n) is 5.25. The number of hydrogen-bond acceptors (Lipinski definition) is 1. The van der Waals surface area contributed by atoms with Crippen molar-refractivity contribution in [3.05, 3.63) is 71.8 Å². The fraction of sp³-hybridized carbons (Fsp3) is 0.263. The summed E-state index contributed by atoms with van der Waals surface area (Å²) in [6.07, 6.45) is 7.80. The van der Waals surface area contributed by atoms with Crippen LogP contribution in [0.2, 0.25) is 0 Å². The highest BCUT2D eigenvalue weighted by Gasteiger charge is 2.41. The van der Waals surface area contributed by atoms with E-state index in [1.165, 1.54) is 28.6 Å². The molecule has 0 saturated heterocycles. The van der Waals surface area contributed by atoms with Crippen molar-refractivity contribution in [2.24, 2.45) is 13.0 Å². The number of aromatic nitrogens is 1. The van der Waals surface area contributed by atoms with Gasteiger partial charge >= 0.3 is 0 Å².